The van der Waals surface area contributed by atoms with Gasteiger partial charge in [0.1, 0.15) is 10.8 Å². The number of benzene rings is 1. The molecule has 1 fully saturated rings. The van der Waals surface area contributed by atoms with Gasteiger partial charge in [-0.15, -0.1) is 17.9 Å². The molecule has 25 heavy (non-hydrogen) atoms. The number of nitrogens with zero attached hydrogens (tertiary/aromatic N) is 2. The molecule has 1 aromatic carbocycles. The van der Waals surface area contributed by atoms with E-state index in [0.717, 1.165) is 31.6 Å². The Kier molecular flexibility index (Phi) is 5.87. The Morgan fingerprint density at radius 2 is 2.08 bits per heavy atom. The van der Waals surface area contributed by atoms with Gasteiger partial charge in [0, 0.05) is 43.0 Å². The minimum atomic E-state index is 0.328. The molecule has 134 valence electrons. The Balaban J connectivity index is 1.77. The third-order valence-corrected chi connectivity index (χ3v) is 6.79. The predicted octanol–water partition coefficient (Wildman–Crippen LogP) is 4.89. The van der Waals surface area contributed by atoms with Gasteiger partial charge >= 0.3 is 0 Å². The Labute approximate surface area is 162 Å². The van der Waals surface area contributed by atoms with E-state index in [-0.39, 0.29) is 0 Å². The summed E-state index contributed by atoms with van der Waals surface area (Å²) in [7, 11) is 0. The molecule has 0 amide bonds. The first-order chi connectivity index (χ1) is 12.0. The van der Waals surface area contributed by atoms with Crippen molar-refractivity contribution >= 4 is 32.3 Å². The molecule has 0 aliphatic carbocycles. The monoisotopic (exact) mass is 420 g/mol. The van der Waals surface area contributed by atoms with E-state index in [2.05, 4.69) is 58.3 Å². The zero-order valence-electron chi connectivity index (χ0n) is 14.8. The van der Waals surface area contributed by atoms with Gasteiger partial charge < -0.3 is 10.0 Å². The standard InChI is InChI=1S/C20H25BrN2OS/c1-4-8-22-12-15(3)23(13-14(22)2)20-19(21)11-18(25-20)10-16-6-5-7-17(24)9-16/h4-7,9,11,14-15,24H,1,8,10,12-13H2,2-3H3/t14-,15+/m0/s1. The van der Waals surface area contributed by atoms with Crippen LogP contribution in [-0.4, -0.2) is 41.7 Å². The second kappa shape index (κ2) is 7.94. The number of hydrogen-bond acceptors (Lipinski definition) is 4. The molecule has 5 heteroatoms. The summed E-state index contributed by atoms with van der Waals surface area (Å²) < 4.78 is 1.17. The largest absolute Gasteiger partial charge is 0.508 e. The van der Waals surface area contributed by atoms with Crippen LogP contribution in [0.15, 0.2) is 47.5 Å². The fourth-order valence-electron chi connectivity index (χ4n) is 3.46. The second-order valence-corrected chi connectivity index (χ2v) is 8.78. The van der Waals surface area contributed by atoms with Crippen molar-refractivity contribution in [3.8, 4) is 5.75 Å². The van der Waals surface area contributed by atoms with Crippen molar-refractivity contribution in [2.45, 2.75) is 32.4 Å². The lowest BCUT2D eigenvalue weighted by Gasteiger charge is -2.44. The van der Waals surface area contributed by atoms with E-state index in [0.29, 0.717) is 17.8 Å². The summed E-state index contributed by atoms with van der Waals surface area (Å²) in [6.45, 7) is 11.5. The normalized spacial score (nSPS) is 21.5. The first-order valence-corrected chi connectivity index (χ1v) is 10.3. The molecule has 1 saturated heterocycles. The van der Waals surface area contributed by atoms with Crippen LogP contribution in [0.3, 0.4) is 0 Å². The molecule has 1 aliphatic rings. The number of thiophene rings is 1. The molecule has 1 N–H and O–H groups in total. The summed E-state index contributed by atoms with van der Waals surface area (Å²) in [5.74, 6) is 0.328. The molecule has 0 bridgehead atoms. The van der Waals surface area contributed by atoms with Crippen molar-refractivity contribution in [2.75, 3.05) is 24.5 Å². The number of aromatic hydroxyl groups is 1. The average Bonchev–Trinajstić information content (AvgIpc) is 2.91. The van der Waals surface area contributed by atoms with Gasteiger partial charge in [-0.05, 0) is 53.5 Å². The van der Waals surface area contributed by atoms with Gasteiger partial charge in [-0.25, -0.2) is 0 Å². The van der Waals surface area contributed by atoms with E-state index in [1.807, 2.05) is 29.5 Å². The molecule has 2 heterocycles. The molecule has 0 unspecified atom stereocenters. The van der Waals surface area contributed by atoms with Crippen molar-refractivity contribution in [1.29, 1.82) is 0 Å². The number of piperazine rings is 1. The molecule has 1 aromatic heterocycles. The van der Waals surface area contributed by atoms with Crippen molar-refractivity contribution in [3.05, 3.63) is 57.9 Å². The fraction of sp³-hybridized carbons (Fsp3) is 0.400. The molecule has 3 nitrogen and oxygen atoms in total. The number of phenols is 1. The third-order valence-electron chi connectivity index (χ3n) is 4.75. The molecule has 2 atom stereocenters. The lowest BCUT2D eigenvalue weighted by atomic mass is 10.1. The van der Waals surface area contributed by atoms with Gasteiger partial charge in [0.25, 0.3) is 0 Å². The van der Waals surface area contributed by atoms with Crippen LogP contribution < -0.4 is 4.90 Å². The van der Waals surface area contributed by atoms with Crippen LogP contribution in [0.1, 0.15) is 24.3 Å². The number of phenolic OH excluding ortho intramolecular Hbond substituents is 1. The van der Waals surface area contributed by atoms with Crippen LogP contribution >= 0.6 is 27.3 Å². The molecule has 0 radical (unpaired) electrons. The van der Waals surface area contributed by atoms with E-state index in [1.165, 1.54) is 14.4 Å². The number of anilines is 1. The minimum Gasteiger partial charge on any atom is -0.508 e. The van der Waals surface area contributed by atoms with Gasteiger partial charge in [0.2, 0.25) is 0 Å². The lowest BCUT2D eigenvalue weighted by molar-refractivity contribution is 0.185. The summed E-state index contributed by atoms with van der Waals surface area (Å²) in [5.41, 5.74) is 1.14. The quantitative estimate of drug-likeness (QED) is 0.697. The maximum absolute atomic E-state index is 9.66. The van der Waals surface area contributed by atoms with E-state index in [4.69, 9.17) is 0 Å². The summed E-state index contributed by atoms with van der Waals surface area (Å²) in [6, 6.07) is 10.7. The highest BCUT2D eigenvalue weighted by atomic mass is 79.9. The molecule has 0 spiro atoms. The van der Waals surface area contributed by atoms with Crippen LogP contribution in [0.5, 0.6) is 5.75 Å². The Morgan fingerprint density at radius 3 is 2.80 bits per heavy atom. The first-order valence-electron chi connectivity index (χ1n) is 8.65. The summed E-state index contributed by atoms with van der Waals surface area (Å²) in [6.07, 6.45) is 2.84. The van der Waals surface area contributed by atoms with Gasteiger partial charge in [-0.2, -0.15) is 0 Å². The lowest BCUT2D eigenvalue weighted by Crippen LogP contribution is -2.56. The van der Waals surface area contributed by atoms with E-state index >= 15 is 0 Å². The van der Waals surface area contributed by atoms with E-state index in [1.54, 1.807) is 6.07 Å². The maximum Gasteiger partial charge on any atom is 0.115 e. The number of hydrogen-bond donors (Lipinski definition) is 1. The van der Waals surface area contributed by atoms with Crippen LogP contribution in [-0.2, 0) is 6.42 Å². The smallest absolute Gasteiger partial charge is 0.115 e. The maximum atomic E-state index is 9.66. The highest BCUT2D eigenvalue weighted by molar-refractivity contribution is 9.10. The molecule has 1 aliphatic heterocycles. The second-order valence-electron chi connectivity index (χ2n) is 6.81. The van der Waals surface area contributed by atoms with Crippen molar-refractivity contribution in [2.24, 2.45) is 0 Å². The van der Waals surface area contributed by atoms with Crippen molar-refractivity contribution in [3.63, 3.8) is 0 Å². The molecular weight excluding hydrogens is 396 g/mol. The van der Waals surface area contributed by atoms with Gasteiger partial charge in [0.15, 0.2) is 0 Å². The number of rotatable bonds is 5. The zero-order chi connectivity index (χ0) is 18.0. The van der Waals surface area contributed by atoms with E-state index in [9.17, 15) is 5.11 Å². The van der Waals surface area contributed by atoms with Gasteiger partial charge in [-0.1, -0.05) is 18.2 Å². The van der Waals surface area contributed by atoms with Gasteiger partial charge in [-0.3, -0.25) is 4.90 Å². The first kappa shape index (κ1) is 18.5. The molecule has 0 saturated carbocycles. The van der Waals surface area contributed by atoms with Crippen molar-refractivity contribution < 1.29 is 5.11 Å². The predicted molar refractivity (Wildman–Crippen MR) is 111 cm³/mol. The zero-order valence-corrected chi connectivity index (χ0v) is 17.2. The summed E-state index contributed by atoms with van der Waals surface area (Å²) >= 11 is 5.61. The Hall–Kier alpha value is -1.30. The molecule has 2 aromatic rings. The van der Waals surface area contributed by atoms with Gasteiger partial charge in [0.05, 0.1) is 4.47 Å². The van der Waals surface area contributed by atoms with Crippen LogP contribution in [0.25, 0.3) is 0 Å². The SMILES string of the molecule is C=CCN1C[C@@H](C)N(c2sc(Cc3cccc(O)c3)cc2Br)C[C@@H]1C. The average molecular weight is 421 g/mol. The number of halogens is 1. The summed E-state index contributed by atoms with van der Waals surface area (Å²) in [5, 5.41) is 11.0. The topological polar surface area (TPSA) is 26.7 Å². The van der Waals surface area contributed by atoms with Crippen LogP contribution in [0.4, 0.5) is 5.00 Å². The highest BCUT2D eigenvalue weighted by Gasteiger charge is 2.30. The Bertz CT molecular complexity index is 745. The molecule has 3 rings (SSSR count). The minimum absolute atomic E-state index is 0.328. The third kappa shape index (κ3) is 4.27. The summed E-state index contributed by atoms with van der Waals surface area (Å²) in [4.78, 5) is 6.31. The molecular formula is C20H25BrN2OS. The fourth-order valence-corrected chi connectivity index (χ4v) is 5.55. The highest BCUT2D eigenvalue weighted by Crippen LogP contribution is 2.39. The van der Waals surface area contributed by atoms with Crippen molar-refractivity contribution in [1.82, 2.24) is 4.90 Å². The van der Waals surface area contributed by atoms with E-state index < -0.39 is 0 Å². The van der Waals surface area contributed by atoms with Crippen LogP contribution in [0.2, 0.25) is 0 Å². The van der Waals surface area contributed by atoms with Crippen LogP contribution in [0, 0.1) is 0 Å². The Morgan fingerprint density at radius 1 is 1.28 bits per heavy atom.